The molecule has 0 fully saturated rings. The summed E-state index contributed by atoms with van der Waals surface area (Å²) in [4.78, 5) is 0. The van der Waals surface area contributed by atoms with Crippen LogP contribution in [-0.4, -0.2) is 17.2 Å². The highest BCUT2D eigenvalue weighted by Gasteiger charge is 2.03. The third-order valence-electron chi connectivity index (χ3n) is 3.10. The molecule has 1 aromatic heterocycles. The molecule has 0 bridgehead atoms. The lowest BCUT2D eigenvalue weighted by Crippen LogP contribution is -2.24. The molecule has 2 heteroatoms. The molecule has 0 aromatic carbocycles. The predicted molar refractivity (Wildman–Crippen MR) is 71.7 cm³/mol. The Morgan fingerprint density at radius 2 is 2.12 bits per heavy atom. The average molecular weight is 220 g/mol. The molecule has 0 amide bonds. The summed E-state index contributed by atoms with van der Waals surface area (Å²) < 4.78 is 2.23. The van der Waals surface area contributed by atoms with E-state index in [1.54, 1.807) is 0 Å². The number of aryl methyl sites for hydroxylation is 1. The van der Waals surface area contributed by atoms with Crippen LogP contribution >= 0.6 is 0 Å². The van der Waals surface area contributed by atoms with Crippen molar-refractivity contribution in [3.8, 4) is 0 Å². The summed E-state index contributed by atoms with van der Waals surface area (Å²) in [5.74, 6) is 0. The summed E-state index contributed by atoms with van der Waals surface area (Å²) >= 11 is 0. The number of rotatable bonds is 5. The molecule has 1 aromatic rings. The van der Waals surface area contributed by atoms with Gasteiger partial charge in [-0.05, 0) is 45.4 Å². The molecule has 0 spiro atoms. The lowest BCUT2D eigenvalue weighted by atomic mass is 10.2. The van der Waals surface area contributed by atoms with E-state index in [0.29, 0.717) is 6.04 Å². The predicted octanol–water partition coefficient (Wildman–Crippen LogP) is 3.04. The van der Waals surface area contributed by atoms with Crippen LogP contribution in [0.25, 0.3) is 6.08 Å². The standard InChI is InChI=1S/C14H24N2/c1-6-9-15-11(2)7-8-14-10-12(3)16(5)13(14)4/h7-8,10-11,15H,6,9H2,1-5H3/b8-7+. The molecule has 1 N–H and O–H groups in total. The number of nitrogens with one attached hydrogen (secondary N) is 1. The summed E-state index contributed by atoms with van der Waals surface area (Å²) in [7, 11) is 2.11. The van der Waals surface area contributed by atoms with Crippen LogP contribution < -0.4 is 5.32 Å². The van der Waals surface area contributed by atoms with Gasteiger partial charge >= 0.3 is 0 Å². The van der Waals surface area contributed by atoms with Crippen LogP contribution in [0.4, 0.5) is 0 Å². The summed E-state index contributed by atoms with van der Waals surface area (Å²) in [6.45, 7) is 9.77. The van der Waals surface area contributed by atoms with Crippen LogP contribution in [0.15, 0.2) is 12.1 Å². The molecule has 1 atom stereocenters. The lowest BCUT2D eigenvalue weighted by molar-refractivity contribution is 0.625. The Balaban J connectivity index is 2.65. The quantitative estimate of drug-likeness (QED) is 0.807. The zero-order valence-electron chi connectivity index (χ0n) is 11.2. The first kappa shape index (κ1) is 13.0. The van der Waals surface area contributed by atoms with Gasteiger partial charge in [0.05, 0.1) is 0 Å². The van der Waals surface area contributed by atoms with E-state index in [4.69, 9.17) is 0 Å². The van der Waals surface area contributed by atoms with Gasteiger partial charge in [0.25, 0.3) is 0 Å². The van der Waals surface area contributed by atoms with Crippen molar-refractivity contribution in [1.82, 2.24) is 9.88 Å². The summed E-state index contributed by atoms with van der Waals surface area (Å²) in [6, 6.07) is 2.68. The van der Waals surface area contributed by atoms with Crippen molar-refractivity contribution in [2.75, 3.05) is 6.54 Å². The fraction of sp³-hybridized carbons (Fsp3) is 0.571. The van der Waals surface area contributed by atoms with Crippen LogP contribution in [0.3, 0.4) is 0 Å². The number of hydrogen-bond acceptors (Lipinski definition) is 1. The summed E-state index contributed by atoms with van der Waals surface area (Å²) in [5, 5.41) is 3.45. The Morgan fingerprint density at radius 1 is 1.44 bits per heavy atom. The van der Waals surface area contributed by atoms with Crippen LogP contribution in [0, 0.1) is 13.8 Å². The molecule has 2 nitrogen and oxygen atoms in total. The summed E-state index contributed by atoms with van der Waals surface area (Å²) in [5.41, 5.74) is 3.97. The van der Waals surface area contributed by atoms with Gasteiger partial charge in [-0.25, -0.2) is 0 Å². The Labute approximate surface area is 99.4 Å². The highest BCUT2D eigenvalue weighted by atomic mass is 14.9. The molecular weight excluding hydrogens is 196 g/mol. The first-order valence-electron chi connectivity index (χ1n) is 6.10. The fourth-order valence-corrected chi connectivity index (χ4v) is 1.74. The van der Waals surface area contributed by atoms with Gasteiger partial charge in [-0.1, -0.05) is 19.1 Å². The molecule has 0 saturated carbocycles. The molecule has 90 valence electrons. The van der Waals surface area contributed by atoms with Crippen molar-refractivity contribution >= 4 is 6.08 Å². The molecule has 1 heterocycles. The van der Waals surface area contributed by atoms with E-state index in [2.05, 4.69) is 62.8 Å². The zero-order chi connectivity index (χ0) is 12.1. The van der Waals surface area contributed by atoms with E-state index in [1.165, 1.54) is 23.4 Å². The van der Waals surface area contributed by atoms with Crippen molar-refractivity contribution in [3.63, 3.8) is 0 Å². The van der Waals surface area contributed by atoms with E-state index in [1.807, 2.05) is 0 Å². The van der Waals surface area contributed by atoms with Gasteiger partial charge in [0, 0.05) is 24.5 Å². The maximum Gasteiger partial charge on any atom is 0.0224 e. The topological polar surface area (TPSA) is 17.0 Å². The van der Waals surface area contributed by atoms with Crippen molar-refractivity contribution in [2.24, 2.45) is 7.05 Å². The number of aromatic nitrogens is 1. The Bertz CT molecular complexity index is 361. The Hall–Kier alpha value is -1.02. The molecular formula is C14H24N2. The van der Waals surface area contributed by atoms with Gasteiger partial charge in [-0.2, -0.15) is 0 Å². The molecule has 0 aliphatic carbocycles. The first-order chi connectivity index (χ1) is 7.56. The van der Waals surface area contributed by atoms with Crippen molar-refractivity contribution < 1.29 is 0 Å². The highest BCUT2D eigenvalue weighted by molar-refractivity contribution is 5.54. The van der Waals surface area contributed by atoms with Crippen LogP contribution in [-0.2, 0) is 7.05 Å². The van der Waals surface area contributed by atoms with Gasteiger partial charge in [0.2, 0.25) is 0 Å². The van der Waals surface area contributed by atoms with E-state index >= 15 is 0 Å². The Kier molecular flexibility index (Phi) is 4.81. The zero-order valence-corrected chi connectivity index (χ0v) is 11.2. The minimum Gasteiger partial charge on any atom is -0.352 e. The number of nitrogens with zero attached hydrogens (tertiary/aromatic N) is 1. The lowest BCUT2D eigenvalue weighted by Gasteiger charge is -2.07. The minimum atomic E-state index is 0.444. The van der Waals surface area contributed by atoms with Crippen molar-refractivity contribution in [3.05, 3.63) is 29.1 Å². The summed E-state index contributed by atoms with van der Waals surface area (Å²) in [6.07, 6.45) is 5.63. The first-order valence-corrected chi connectivity index (χ1v) is 6.10. The smallest absolute Gasteiger partial charge is 0.0224 e. The van der Waals surface area contributed by atoms with E-state index in [-0.39, 0.29) is 0 Å². The third kappa shape index (κ3) is 3.24. The second-order valence-electron chi connectivity index (χ2n) is 4.49. The maximum atomic E-state index is 3.45. The van der Waals surface area contributed by atoms with Gasteiger partial charge in [0.15, 0.2) is 0 Å². The molecule has 1 rings (SSSR count). The highest BCUT2D eigenvalue weighted by Crippen LogP contribution is 2.14. The monoisotopic (exact) mass is 220 g/mol. The van der Waals surface area contributed by atoms with Crippen LogP contribution in [0.2, 0.25) is 0 Å². The average Bonchev–Trinajstić information content (AvgIpc) is 2.51. The van der Waals surface area contributed by atoms with E-state index in [0.717, 1.165) is 6.54 Å². The fourth-order valence-electron chi connectivity index (χ4n) is 1.74. The van der Waals surface area contributed by atoms with Gasteiger partial charge < -0.3 is 9.88 Å². The molecule has 0 aliphatic heterocycles. The van der Waals surface area contributed by atoms with Crippen LogP contribution in [0.1, 0.15) is 37.2 Å². The van der Waals surface area contributed by atoms with E-state index in [9.17, 15) is 0 Å². The van der Waals surface area contributed by atoms with Gasteiger partial charge in [0.1, 0.15) is 0 Å². The molecule has 0 saturated heterocycles. The van der Waals surface area contributed by atoms with Crippen LogP contribution in [0.5, 0.6) is 0 Å². The molecule has 16 heavy (non-hydrogen) atoms. The molecule has 0 aliphatic rings. The largest absolute Gasteiger partial charge is 0.352 e. The van der Waals surface area contributed by atoms with Gasteiger partial charge in [-0.3, -0.25) is 0 Å². The third-order valence-corrected chi connectivity index (χ3v) is 3.10. The van der Waals surface area contributed by atoms with Crippen molar-refractivity contribution in [2.45, 2.75) is 40.2 Å². The maximum absolute atomic E-state index is 3.45. The second-order valence-corrected chi connectivity index (χ2v) is 4.49. The second kappa shape index (κ2) is 5.90. The normalized spacial score (nSPS) is 13.6. The SMILES string of the molecule is CCCNC(C)/C=C/c1cc(C)n(C)c1C. The van der Waals surface area contributed by atoms with Crippen molar-refractivity contribution in [1.29, 1.82) is 0 Å². The Morgan fingerprint density at radius 3 is 2.62 bits per heavy atom. The molecule has 1 unspecified atom stereocenters. The number of hydrogen-bond donors (Lipinski definition) is 1. The minimum absolute atomic E-state index is 0.444. The van der Waals surface area contributed by atoms with E-state index < -0.39 is 0 Å². The molecule has 0 radical (unpaired) electrons. The van der Waals surface area contributed by atoms with Gasteiger partial charge in [-0.15, -0.1) is 0 Å².